The van der Waals surface area contributed by atoms with Crippen molar-refractivity contribution >= 4 is 11.6 Å². The summed E-state index contributed by atoms with van der Waals surface area (Å²) in [4.78, 5) is 24.2. The van der Waals surface area contributed by atoms with E-state index >= 15 is 0 Å². The maximum Gasteiger partial charge on any atom is 0.260 e. The van der Waals surface area contributed by atoms with E-state index in [4.69, 9.17) is 14.5 Å². The van der Waals surface area contributed by atoms with E-state index in [9.17, 15) is 4.79 Å². The van der Waals surface area contributed by atoms with Crippen LogP contribution in [0.4, 0.5) is 5.69 Å². The summed E-state index contributed by atoms with van der Waals surface area (Å²) in [6.07, 6.45) is 7.80. The standard InChI is InChI=1S/C25H29N5O3/c1-15-8-19(17-9-21(23(32-5)26-10-17)33-14-16-6-7-16)28-20-13-29(24(31)22(15)20)18-11-27-30(12-18)25(2,3)4/h8-12,16H,6-7,13-14H2,1-5H3. The molecule has 33 heavy (non-hydrogen) atoms. The number of hydrogen-bond acceptors (Lipinski definition) is 6. The fraction of sp³-hybridized carbons (Fsp3) is 0.440. The van der Waals surface area contributed by atoms with Gasteiger partial charge in [-0.3, -0.25) is 19.4 Å². The number of aromatic nitrogens is 4. The molecule has 1 aliphatic heterocycles. The van der Waals surface area contributed by atoms with Crippen LogP contribution in [0.1, 0.15) is 55.2 Å². The Morgan fingerprint density at radius 1 is 1.18 bits per heavy atom. The maximum absolute atomic E-state index is 13.2. The van der Waals surface area contributed by atoms with Crippen LogP contribution >= 0.6 is 0 Å². The van der Waals surface area contributed by atoms with Crippen molar-refractivity contribution in [3.63, 3.8) is 0 Å². The molecule has 8 heteroatoms. The van der Waals surface area contributed by atoms with Crippen molar-refractivity contribution in [2.24, 2.45) is 5.92 Å². The highest BCUT2D eigenvalue weighted by Gasteiger charge is 2.33. The van der Waals surface area contributed by atoms with Gasteiger partial charge in [0.15, 0.2) is 5.75 Å². The van der Waals surface area contributed by atoms with Gasteiger partial charge < -0.3 is 9.47 Å². The molecule has 0 N–H and O–H groups in total. The Labute approximate surface area is 193 Å². The lowest BCUT2D eigenvalue weighted by Crippen LogP contribution is -2.24. The van der Waals surface area contributed by atoms with E-state index in [1.165, 1.54) is 12.8 Å². The molecule has 5 rings (SSSR count). The van der Waals surface area contributed by atoms with E-state index in [0.29, 0.717) is 36.3 Å². The van der Waals surface area contributed by atoms with Crippen molar-refractivity contribution in [2.45, 2.75) is 52.6 Å². The minimum atomic E-state index is -0.157. The molecule has 0 radical (unpaired) electrons. The summed E-state index contributed by atoms with van der Waals surface area (Å²) >= 11 is 0. The normalized spacial score (nSPS) is 15.7. The summed E-state index contributed by atoms with van der Waals surface area (Å²) in [5.74, 6) is 1.67. The van der Waals surface area contributed by atoms with Crippen LogP contribution in [0.25, 0.3) is 11.3 Å². The predicted octanol–water partition coefficient (Wildman–Crippen LogP) is 4.36. The van der Waals surface area contributed by atoms with Crippen LogP contribution in [-0.4, -0.2) is 39.4 Å². The lowest BCUT2D eigenvalue weighted by Gasteiger charge is -2.19. The third-order valence-corrected chi connectivity index (χ3v) is 6.11. The first-order valence-electron chi connectivity index (χ1n) is 11.3. The topological polar surface area (TPSA) is 82.4 Å². The van der Waals surface area contributed by atoms with Crippen molar-refractivity contribution in [1.82, 2.24) is 19.7 Å². The summed E-state index contributed by atoms with van der Waals surface area (Å²) in [5, 5.41) is 4.45. The summed E-state index contributed by atoms with van der Waals surface area (Å²) in [6.45, 7) is 9.26. The second-order valence-corrected chi connectivity index (χ2v) is 9.84. The number of pyridine rings is 2. The molecule has 3 aromatic rings. The minimum absolute atomic E-state index is 0.0451. The number of ether oxygens (including phenoxy) is 2. The number of nitrogens with zero attached hydrogens (tertiary/aromatic N) is 5. The van der Waals surface area contributed by atoms with Crippen LogP contribution in [0, 0.1) is 12.8 Å². The lowest BCUT2D eigenvalue weighted by molar-refractivity contribution is 0.0996. The molecule has 2 aliphatic rings. The molecular formula is C25H29N5O3. The summed E-state index contributed by atoms with van der Waals surface area (Å²) < 4.78 is 13.2. The molecule has 0 atom stereocenters. The van der Waals surface area contributed by atoms with Crippen molar-refractivity contribution in [1.29, 1.82) is 0 Å². The molecule has 4 heterocycles. The average molecular weight is 448 g/mol. The van der Waals surface area contributed by atoms with Crippen LogP contribution in [-0.2, 0) is 12.1 Å². The van der Waals surface area contributed by atoms with Crippen molar-refractivity contribution < 1.29 is 14.3 Å². The third kappa shape index (κ3) is 4.05. The van der Waals surface area contributed by atoms with Crippen LogP contribution in [0.15, 0.2) is 30.7 Å². The second kappa shape index (κ2) is 7.86. The van der Waals surface area contributed by atoms with Gasteiger partial charge in [-0.2, -0.15) is 5.10 Å². The highest BCUT2D eigenvalue weighted by molar-refractivity contribution is 6.10. The summed E-state index contributed by atoms with van der Waals surface area (Å²) in [6, 6.07) is 3.86. The third-order valence-electron chi connectivity index (χ3n) is 6.11. The van der Waals surface area contributed by atoms with Crippen LogP contribution in [0.5, 0.6) is 11.6 Å². The Kier molecular flexibility index (Phi) is 5.11. The molecule has 0 unspecified atom stereocenters. The van der Waals surface area contributed by atoms with Gasteiger partial charge in [0.05, 0.1) is 54.6 Å². The zero-order valence-corrected chi connectivity index (χ0v) is 19.8. The summed E-state index contributed by atoms with van der Waals surface area (Å²) in [5.41, 5.74) is 4.52. The van der Waals surface area contributed by atoms with Gasteiger partial charge >= 0.3 is 0 Å². The number of aryl methyl sites for hydroxylation is 1. The Bertz CT molecular complexity index is 1220. The van der Waals surface area contributed by atoms with Crippen LogP contribution in [0.2, 0.25) is 0 Å². The quantitative estimate of drug-likeness (QED) is 0.558. The van der Waals surface area contributed by atoms with Gasteiger partial charge in [0, 0.05) is 18.0 Å². The molecule has 1 fully saturated rings. The van der Waals surface area contributed by atoms with E-state index in [2.05, 4.69) is 30.9 Å². The number of anilines is 1. The Morgan fingerprint density at radius 3 is 2.64 bits per heavy atom. The number of carbonyl (C=O) groups is 1. The molecule has 0 aromatic carbocycles. The zero-order chi connectivity index (χ0) is 23.3. The van der Waals surface area contributed by atoms with E-state index in [-0.39, 0.29) is 11.4 Å². The van der Waals surface area contributed by atoms with Crippen molar-refractivity contribution in [2.75, 3.05) is 18.6 Å². The molecule has 1 aliphatic carbocycles. The Balaban J connectivity index is 1.45. The van der Waals surface area contributed by atoms with Gasteiger partial charge in [0.1, 0.15) is 0 Å². The van der Waals surface area contributed by atoms with Gasteiger partial charge in [-0.15, -0.1) is 0 Å². The van der Waals surface area contributed by atoms with Crippen molar-refractivity contribution in [3.05, 3.63) is 47.5 Å². The van der Waals surface area contributed by atoms with E-state index < -0.39 is 0 Å². The minimum Gasteiger partial charge on any atom is -0.488 e. The number of fused-ring (bicyclic) bond motifs is 1. The number of hydrogen-bond donors (Lipinski definition) is 0. The molecule has 0 saturated heterocycles. The van der Waals surface area contributed by atoms with Crippen molar-refractivity contribution in [3.8, 4) is 22.9 Å². The number of carbonyl (C=O) groups excluding carboxylic acids is 1. The molecule has 1 amide bonds. The first-order valence-corrected chi connectivity index (χ1v) is 11.3. The molecule has 172 valence electrons. The predicted molar refractivity (Wildman–Crippen MR) is 125 cm³/mol. The number of amides is 1. The lowest BCUT2D eigenvalue weighted by atomic mass is 10.0. The largest absolute Gasteiger partial charge is 0.488 e. The maximum atomic E-state index is 13.2. The molecule has 0 bridgehead atoms. The van der Waals surface area contributed by atoms with Crippen LogP contribution < -0.4 is 14.4 Å². The Morgan fingerprint density at radius 2 is 1.97 bits per heavy atom. The highest BCUT2D eigenvalue weighted by atomic mass is 16.5. The van der Waals surface area contributed by atoms with Gasteiger partial charge in [0.25, 0.3) is 11.8 Å². The van der Waals surface area contributed by atoms with E-state index in [1.54, 1.807) is 24.4 Å². The fourth-order valence-corrected chi connectivity index (χ4v) is 4.00. The van der Waals surface area contributed by atoms with Gasteiger partial charge in [-0.1, -0.05) is 0 Å². The molecular weight excluding hydrogens is 418 g/mol. The van der Waals surface area contributed by atoms with E-state index in [0.717, 1.165) is 28.2 Å². The second-order valence-electron chi connectivity index (χ2n) is 9.84. The highest BCUT2D eigenvalue weighted by Crippen LogP contribution is 2.36. The molecule has 3 aromatic heterocycles. The van der Waals surface area contributed by atoms with E-state index in [1.807, 2.05) is 29.9 Å². The zero-order valence-electron chi connectivity index (χ0n) is 19.8. The van der Waals surface area contributed by atoms with Gasteiger partial charge in [0.2, 0.25) is 0 Å². The Hall–Kier alpha value is -3.42. The first-order chi connectivity index (χ1) is 15.7. The smallest absolute Gasteiger partial charge is 0.260 e. The number of methoxy groups -OCH3 is 1. The van der Waals surface area contributed by atoms with Gasteiger partial charge in [-0.25, -0.2) is 4.98 Å². The molecule has 1 saturated carbocycles. The monoisotopic (exact) mass is 447 g/mol. The first kappa shape index (κ1) is 21.4. The van der Waals surface area contributed by atoms with Gasteiger partial charge in [-0.05, 0) is 64.2 Å². The SMILES string of the molecule is COc1ncc(-c2cc(C)c3c(n2)CN(c2cnn(C(C)(C)C)c2)C3=O)cc1OCC1CC1. The fourth-order valence-electron chi connectivity index (χ4n) is 4.00. The number of rotatable bonds is 6. The van der Waals surface area contributed by atoms with Crippen LogP contribution in [0.3, 0.4) is 0 Å². The molecule has 8 nitrogen and oxygen atoms in total. The molecule has 0 spiro atoms. The average Bonchev–Trinajstić information content (AvgIpc) is 3.35. The summed E-state index contributed by atoms with van der Waals surface area (Å²) in [7, 11) is 1.59.